The molecule has 1 rings (SSSR count). The van der Waals surface area contributed by atoms with Crippen molar-refractivity contribution in [1.82, 2.24) is 9.97 Å². The van der Waals surface area contributed by atoms with Crippen molar-refractivity contribution in [3.05, 3.63) is 22.7 Å². The molecular weight excluding hydrogens is 206 g/mol. The molecule has 0 bridgehead atoms. The van der Waals surface area contributed by atoms with E-state index in [1.54, 1.807) is 19.3 Å². The molecule has 1 atom stereocenters. The first-order valence-corrected chi connectivity index (χ1v) is 3.90. The lowest BCUT2D eigenvalue weighted by Crippen LogP contribution is -1.96. The summed E-state index contributed by atoms with van der Waals surface area (Å²) in [6.07, 6.45) is 3.27. The third kappa shape index (κ3) is 1.99. The quantitative estimate of drug-likeness (QED) is 0.713. The van der Waals surface area contributed by atoms with Crippen LogP contribution in [0.15, 0.2) is 16.9 Å². The molecular formula is C7H6BrN3. The molecule has 0 aromatic carbocycles. The van der Waals surface area contributed by atoms with Gasteiger partial charge in [0.15, 0.2) is 0 Å². The second kappa shape index (κ2) is 3.44. The fourth-order valence-corrected chi connectivity index (χ4v) is 0.808. The van der Waals surface area contributed by atoms with Crippen LogP contribution in [-0.4, -0.2) is 9.97 Å². The monoisotopic (exact) mass is 211 g/mol. The molecule has 1 aromatic heterocycles. The fraction of sp³-hybridized carbons (Fsp3) is 0.286. The molecule has 0 fully saturated rings. The Balaban J connectivity index is 2.92. The molecule has 0 aliphatic carbocycles. The lowest BCUT2D eigenvalue weighted by atomic mass is 10.2. The average molecular weight is 212 g/mol. The zero-order valence-electron chi connectivity index (χ0n) is 5.95. The Morgan fingerprint density at radius 3 is 2.55 bits per heavy atom. The Kier molecular flexibility index (Phi) is 2.55. The maximum atomic E-state index is 8.52. The van der Waals surface area contributed by atoms with Crippen LogP contribution < -0.4 is 0 Å². The van der Waals surface area contributed by atoms with Gasteiger partial charge < -0.3 is 0 Å². The van der Waals surface area contributed by atoms with Gasteiger partial charge in [0, 0.05) is 12.4 Å². The maximum absolute atomic E-state index is 8.52. The fourth-order valence-electron chi connectivity index (χ4n) is 0.604. The molecule has 1 unspecified atom stereocenters. The van der Waals surface area contributed by atoms with Crippen LogP contribution >= 0.6 is 15.9 Å². The standard InChI is InChI=1S/C7H6BrN3/c1-5(2-9)7-10-3-6(8)4-11-7/h3-5H,1H3. The van der Waals surface area contributed by atoms with Crippen LogP contribution in [0.2, 0.25) is 0 Å². The van der Waals surface area contributed by atoms with Crippen LogP contribution in [0.5, 0.6) is 0 Å². The van der Waals surface area contributed by atoms with E-state index in [2.05, 4.69) is 32.0 Å². The number of nitrogens with zero attached hydrogens (tertiary/aromatic N) is 3. The van der Waals surface area contributed by atoms with E-state index in [1.807, 2.05) is 0 Å². The van der Waals surface area contributed by atoms with Crippen LogP contribution in [0.4, 0.5) is 0 Å². The zero-order chi connectivity index (χ0) is 8.27. The zero-order valence-corrected chi connectivity index (χ0v) is 7.54. The molecule has 0 radical (unpaired) electrons. The van der Waals surface area contributed by atoms with Crippen molar-refractivity contribution in [2.45, 2.75) is 12.8 Å². The molecule has 1 heterocycles. The van der Waals surface area contributed by atoms with E-state index in [1.165, 1.54) is 0 Å². The van der Waals surface area contributed by atoms with Gasteiger partial charge in [0.25, 0.3) is 0 Å². The normalized spacial score (nSPS) is 12.1. The van der Waals surface area contributed by atoms with Crippen LogP contribution in [0.25, 0.3) is 0 Å². The molecule has 0 spiro atoms. The summed E-state index contributed by atoms with van der Waals surface area (Å²) in [7, 11) is 0. The maximum Gasteiger partial charge on any atom is 0.145 e. The summed E-state index contributed by atoms with van der Waals surface area (Å²) in [6.45, 7) is 1.77. The molecule has 0 amide bonds. The second-order valence-electron chi connectivity index (χ2n) is 2.11. The molecule has 1 aromatic rings. The van der Waals surface area contributed by atoms with Crippen molar-refractivity contribution in [2.75, 3.05) is 0 Å². The van der Waals surface area contributed by atoms with Gasteiger partial charge in [0.1, 0.15) is 11.7 Å². The Labute approximate surface area is 73.2 Å². The van der Waals surface area contributed by atoms with E-state index in [9.17, 15) is 0 Å². The number of halogens is 1. The summed E-state index contributed by atoms with van der Waals surface area (Å²) in [4.78, 5) is 7.94. The predicted octanol–water partition coefficient (Wildman–Crippen LogP) is 1.87. The molecule has 3 nitrogen and oxygen atoms in total. The van der Waals surface area contributed by atoms with E-state index < -0.39 is 0 Å². The average Bonchev–Trinajstić information content (AvgIpc) is 2.05. The van der Waals surface area contributed by atoms with Gasteiger partial charge in [-0.2, -0.15) is 5.26 Å². The van der Waals surface area contributed by atoms with Crippen LogP contribution in [0, 0.1) is 11.3 Å². The minimum Gasteiger partial charge on any atom is -0.239 e. The van der Waals surface area contributed by atoms with Crippen molar-refractivity contribution in [3.63, 3.8) is 0 Å². The van der Waals surface area contributed by atoms with Gasteiger partial charge in [-0.05, 0) is 22.9 Å². The van der Waals surface area contributed by atoms with E-state index in [-0.39, 0.29) is 5.92 Å². The number of nitriles is 1. The Hall–Kier alpha value is -0.950. The number of aromatic nitrogens is 2. The smallest absolute Gasteiger partial charge is 0.145 e. The van der Waals surface area contributed by atoms with E-state index in [0.717, 1.165) is 4.47 Å². The van der Waals surface area contributed by atoms with Crippen molar-refractivity contribution >= 4 is 15.9 Å². The molecule has 0 N–H and O–H groups in total. The lowest BCUT2D eigenvalue weighted by molar-refractivity contribution is 0.850. The summed E-state index contributed by atoms with van der Waals surface area (Å²) in [5.41, 5.74) is 0. The highest BCUT2D eigenvalue weighted by atomic mass is 79.9. The van der Waals surface area contributed by atoms with Gasteiger partial charge >= 0.3 is 0 Å². The molecule has 0 aliphatic rings. The Morgan fingerprint density at radius 1 is 1.55 bits per heavy atom. The van der Waals surface area contributed by atoms with Crippen LogP contribution in [0.3, 0.4) is 0 Å². The van der Waals surface area contributed by atoms with Gasteiger partial charge in [-0.3, -0.25) is 0 Å². The topological polar surface area (TPSA) is 49.6 Å². The van der Waals surface area contributed by atoms with E-state index in [4.69, 9.17) is 5.26 Å². The van der Waals surface area contributed by atoms with Gasteiger partial charge in [0.05, 0.1) is 10.5 Å². The second-order valence-corrected chi connectivity index (χ2v) is 3.03. The SMILES string of the molecule is CC(C#N)c1ncc(Br)cn1. The predicted molar refractivity (Wildman–Crippen MR) is 43.8 cm³/mol. The molecule has 56 valence electrons. The molecule has 0 saturated carbocycles. The number of hydrogen-bond donors (Lipinski definition) is 0. The van der Waals surface area contributed by atoms with Crippen molar-refractivity contribution < 1.29 is 0 Å². The summed E-state index contributed by atoms with van der Waals surface area (Å²) in [6, 6.07) is 2.06. The Morgan fingerprint density at radius 2 is 2.09 bits per heavy atom. The third-order valence-electron chi connectivity index (χ3n) is 1.22. The highest BCUT2D eigenvalue weighted by Crippen LogP contribution is 2.10. The molecule has 0 aliphatic heterocycles. The van der Waals surface area contributed by atoms with Crippen molar-refractivity contribution in [1.29, 1.82) is 5.26 Å². The van der Waals surface area contributed by atoms with Crippen LogP contribution in [-0.2, 0) is 0 Å². The van der Waals surface area contributed by atoms with Crippen molar-refractivity contribution in [3.8, 4) is 6.07 Å². The summed E-state index contributed by atoms with van der Waals surface area (Å²) in [5, 5.41) is 8.52. The summed E-state index contributed by atoms with van der Waals surface area (Å²) < 4.78 is 0.825. The first-order chi connectivity index (χ1) is 5.24. The van der Waals surface area contributed by atoms with Gasteiger partial charge in [-0.25, -0.2) is 9.97 Å². The minimum absolute atomic E-state index is 0.233. The lowest BCUT2D eigenvalue weighted by Gasteiger charge is -1.98. The van der Waals surface area contributed by atoms with Gasteiger partial charge in [-0.15, -0.1) is 0 Å². The molecule has 11 heavy (non-hydrogen) atoms. The van der Waals surface area contributed by atoms with E-state index >= 15 is 0 Å². The molecule has 0 saturated heterocycles. The van der Waals surface area contributed by atoms with Crippen LogP contribution in [0.1, 0.15) is 18.7 Å². The first kappa shape index (κ1) is 8.15. The Bertz CT molecular complexity index is 275. The first-order valence-electron chi connectivity index (χ1n) is 3.11. The summed E-state index contributed by atoms with van der Waals surface area (Å²) in [5.74, 6) is 0.332. The number of rotatable bonds is 1. The summed E-state index contributed by atoms with van der Waals surface area (Å²) >= 11 is 3.21. The van der Waals surface area contributed by atoms with Crippen molar-refractivity contribution in [2.24, 2.45) is 0 Å². The van der Waals surface area contributed by atoms with Gasteiger partial charge in [-0.1, -0.05) is 0 Å². The van der Waals surface area contributed by atoms with Gasteiger partial charge in [0.2, 0.25) is 0 Å². The molecule has 4 heteroatoms. The largest absolute Gasteiger partial charge is 0.239 e. The highest BCUT2D eigenvalue weighted by Gasteiger charge is 2.05. The minimum atomic E-state index is -0.233. The number of hydrogen-bond acceptors (Lipinski definition) is 3. The van der Waals surface area contributed by atoms with E-state index in [0.29, 0.717) is 5.82 Å². The highest BCUT2D eigenvalue weighted by molar-refractivity contribution is 9.10. The third-order valence-corrected chi connectivity index (χ3v) is 1.63.